The lowest BCUT2D eigenvalue weighted by Gasteiger charge is -2.30. The summed E-state index contributed by atoms with van der Waals surface area (Å²) in [5.41, 5.74) is 2.39. The second kappa shape index (κ2) is 6.44. The predicted octanol–water partition coefficient (Wildman–Crippen LogP) is 2.19. The molecule has 5 rings (SSSR count). The maximum Gasteiger partial charge on any atom is 0.159 e. The maximum absolute atomic E-state index is 6.43. The molecule has 0 aromatic carbocycles. The molecule has 2 aromatic rings. The number of hydrogen-bond acceptors (Lipinski definition) is 5. The van der Waals surface area contributed by atoms with Crippen LogP contribution >= 0.6 is 11.6 Å². The summed E-state index contributed by atoms with van der Waals surface area (Å²) in [7, 11) is 1.70. The van der Waals surface area contributed by atoms with Crippen LogP contribution in [0.4, 0.5) is 0 Å². The average Bonchev–Trinajstić information content (AvgIpc) is 3.35. The summed E-state index contributed by atoms with van der Waals surface area (Å²) in [5.74, 6) is 2.11. The predicted molar refractivity (Wildman–Crippen MR) is 103 cm³/mol. The van der Waals surface area contributed by atoms with Gasteiger partial charge in [0.25, 0.3) is 0 Å². The Balaban J connectivity index is 1.68. The standard InChI is InChI=1S/C19H25ClN6O/c1-19(21-6-7-22-19)14-5-8-25-15-4-3-12(20)9-13(15)18-24-23-17(11-27-2)26(18)10-16(14)25/h3,5,8,13,15,21-22H,4,6-7,9-11H2,1-2H3. The fraction of sp³-hybridized carbons (Fsp3) is 0.579. The lowest BCUT2D eigenvalue weighted by molar-refractivity contribution is 0.174. The van der Waals surface area contributed by atoms with E-state index in [2.05, 4.69) is 55.2 Å². The molecule has 27 heavy (non-hydrogen) atoms. The van der Waals surface area contributed by atoms with E-state index in [0.29, 0.717) is 12.6 Å². The van der Waals surface area contributed by atoms with Crippen LogP contribution in [0.1, 0.15) is 54.6 Å². The van der Waals surface area contributed by atoms with Crippen LogP contribution < -0.4 is 10.6 Å². The van der Waals surface area contributed by atoms with Crippen molar-refractivity contribution in [3.63, 3.8) is 0 Å². The summed E-state index contributed by atoms with van der Waals surface area (Å²) in [6.07, 6.45) is 6.10. The molecule has 2 N–H and O–H groups in total. The molecule has 0 saturated carbocycles. The molecule has 0 bridgehead atoms. The van der Waals surface area contributed by atoms with Crippen LogP contribution in [-0.4, -0.2) is 39.5 Å². The number of hydrogen-bond donors (Lipinski definition) is 2. The van der Waals surface area contributed by atoms with E-state index < -0.39 is 0 Å². The molecule has 2 aromatic heterocycles. The zero-order chi connectivity index (χ0) is 18.6. The molecule has 3 aliphatic rings. The Morgan fingerprint density at radius 3 is 2.93 bits per heavy atom. The molecule has 1 aliphatic carbocycles. The van der Waals surface area contributed by atoms with Crippen LogP contribution in [0.5, 0.6) is 0 Å². The van der Waals surface area contributed by atoms with E-state index in [0.717, 1.165) is 49.2 Å². The minimum Gasteiger partial charge on any atom is -0.377 e. The number of halogens is 1. The van der Waals surface area contributed by atoms with E-state index in [1.54, 1.807) is 7.11 Å². The highest BCUT2D eigenvalue weighted by Crippen LogP contribution is 2.45. The van der Waals surface area contributed by atoms with E-state index in [1.165, 1.54) is 11.3 Å². The zero-order valence-electron chi connectivity index (χ0n) is 15.7. The number of allylic oxidation sites excluding steroid dienone is 2. The van der Waals surface area contributed by atoms with Crippen LogP contribution in [0.3, 0.4) is 0 Å². The van der Waals surface area contributed by atoms with Crippen LogP contribution in [0.2, 0.25) is 0 Å². The van der Waals surface area contributed by atoms with Crippen molar-refractivity contribution in [2.24, 2.45) is 0 Å². The first-order chi connectivity index (χ1) is 13.1. The monoisotopic (exact) mass is 388 g/mol. The molecule has 0 spiro atoms. The van der Waals surface area contributed by atoms with Gasteiger partial charge in [0, 0.05) is 54.6 Å². The minimum atomic E-state index is -0.210. The Kier molecular flexibility index (Phi) is 4.16. The van der Waals surface area contributed by atoms with Gasteiger partial charge in [0.05, 0.1) is 12.2 Å². The van der Waals surface area contributed by atoms with Gasteiger partial charge in [-0.15, -0.1) is 10.2 Å². The van der Waals surface area contributed by atoms with Gasteiger partial charge in [-0.3, -0.25) is 10.6 Å². The Morgan fingerprint density at radius 1 is 1.33 bits per heavy atom. The summed E-state index contributed by atoms with van der Waals surface area (Å²) in [4.78, 5) is 0. The highest BCUT2D eigenvalue weighted by atomic mass is 35.5. The van der Waals surface area contributed by atoms with E-state index in [9.17, 15) is 0 Å². The number of rotatable bonds is 3. The van der Waals surface area contributed by atoms with Crippen molar-refractivity contribution in [1.82, 2.24) is 30.0 Å². The number of aromatic nitrogens is 4. The number of ether oxygens (including phenoxy) is 1. The van der Waals surface area contributed by atoms with Crippen LogP contribution in [0, 0.1) is 0 Å². The third kappa shape index (κ3) is 2.68. The van der Waals surface area contributed by atoms with E-state index in [1.807, 2.05) is 0 Å². The number of methoxy groups -OCH3 is 1. The second-order valence-corrected chi connectivity index (χ2v) is 8.31. The highest BCUT2D eigenvalue weighted by Gasteiger charge is 2.40. The van der Waals surface area contributed by atoms with Crippen LogP contribution in [-0.2, 0) is 23.6 Å². The van der Waals surface area contributed by atoms with Crippen molar-refractivity contribution in [1.29, 1.82) is 0 Å². The lowest BCUT2D eigenvalue weighted by Crippen LogP contribution is -2.43. The van der Waals surface area contributed by atoms with Gasteiger partial charge in [-0.2, -0.15) is 0 Å². The SMILES string of the molecule is COCc1nnc2n1Cc1c(C3(C)NCCN3)ccn1C1CC=C(Cl)CC21. The van der Waals surface area contributed by atoms with Gasteiger partial charge < -0.3 is 13.9 Å². The summed E-state index contributed by atoms with van der Waals surface area (Å²) in [6.45, 7) is 5.36. The zero-order valence-corrected chi connectivity index (χ0v) is 16.5. The second-order valence-electron chi connectivity index (χ2n) is 7.82. The molecule has 2 atom stereocenters. The fourth-order valence-electron chi connectivity index (χ4n) is 4.89. The van der Waals surface area contributed by atoms with Crippen molar-refractivity contribution >= 4 is 11.6 Å². The van der Waals surface area contributed by atoms with Gasteiger partial charge in [-0.25, -0.2) is 0 Å². The van der Waals surface area contributed by atoms with Gasteiger partial charge in [0.1, 0.15) is 12.4 Å². The van der Waals surface area contributed by atoms with E-state index >= 15 is 0 Å². The molecule has 0 radical (unpaired) electrons. The Bertz CT molecular complexity index is 894. The Morgan fingerprint density at radius 2 is 2.15 bits per heavy atom. The molecular weight excluding hydrogens is 364 g/mol. The van der Waals surface area contributed by atoms with Crippen LogP contribution in [0.15, 0.2) is 23.4 Å². The molecule has 1 fully saturated rings. The maximum atomic E-state index is 6.43. The van der Waals surface area contributed by atoms with Crippen LogP contribution in [0.25, 0.3) is 0 Å². The summed E-state index contributed by atoms with van der Waals surface area (Å²) in [5, 5.41) is 17.2. The molecule has 2 aliphatic heterocycles. The molecular formula is C19H25ClN6O. The molecule has 0 amide bonds. The Hall–Kier alpha value is -1.67. The van der Waals surface area contributed by atoms with Gasteiger partial charge in [0.2, 0.25) is 0 Å². The normalized spacial score (nSPS) is 26.1. The first-order valence-electron chi connectivity index (χ1n) is 9.56. The third-order valence-electron chi connectivity index (χ3n) is 6.23. The topological polar surface area (TPSA) is 68.9 Å². The number of fused-ring (bicyclic) bond motifs is 5. The quantitative estimate of drug-likeness (QED) is 0.843. The van der Waals surface area contributed by atoms with Gasteiger partial charge in [0.15, 0.2) is 5.82 Å². The number of nitrogens with one attached hydrogen (secondary N) is 2. The molecule has 1 saturated heterocycles. The molecule has 4 heterocycles. The molecule has 7 nitrogen and oxygen atoms in total. The van der Waals surface area contributed by atoms with Crippen molar-refractivity contribution in [2.75, 3.05) is 20.2 Å². The van der Waals surface area contributed by atoms with Crippen molar-refractivity contribution in [3.8, 4) is 0 Å². The fourth-order valence-corrected chi connectivity index (χ4v) is 5.14. The Labute approximate surface area is 163 Å². The van der Waals surface area contributed by atoms with Crippen molar-refractivity contribution in [3.05, 3.63) is 46.3 Å². The first kappa shape index (κ1) is 17.4. The van der Waals surface area contributed by atoms with E-state index in [4.69, 9.17) is 16.3 Å². The summed E-state index contributed by atoms with van der Waals surface area (Å²) >= 11 is 6.43. The van der Waals surface area contributed by atoms with Gasteiger partial charge in [-0.1, -0.05) is 17.7 Å². The molecule has 2 unspecified atom stereocenters. The molecule has 144 valence electrons. The van der Waals surface area contributed by atoms with Crippen molar-refractivity contribution in [2.45, 2.75) is 50.5 Å². The summed E-state index contributed by atoms with van der Waals surface area (Å²) < 4.78 is 10.1. The van der Waals surface area contributed by atoms with E-state index in [-0.39, 0.29) is 11.6 Å². The summed E-state index contributed by atoms with van der Waals surface area (Å²) in [6, 6.07) is 2.56. The smallest absolute Gasteiger partial charge is 0.159 e. The first-order valence-corrected chi connectivity index (χ1v) is 9.94. The largest absolute Gasteiger partial charge is 0.377 e. The number of nitrogens with zero attached hydrogens (tertiary/aromatic N) is 4. The van der Waals surface area contributed by atoms with Gasteiger partial charge >= 0.3 is 0 Å². The molecule has 8 heteroatoms. The highest BCUT2D eigenvalue weighted by molar-refractivity contribution is 6.29. The third-order valence-corrected chi connectivity index (χ3v) is 6.54. The average molecular weight is 389 g/mol. The minimum absolute atomic E-state index is 0.210. The lowest BCUT2D eigenvalue weighted by atomic mass is 9.88. The van der Waals surface area contributed by atoms with Crippen molar-refractivity contribution < 1.29 is 4.74 Å². The van der Waals surface area contributed by atoms with Gasteiger partial charge in [-0.05, 0) is 25.8 Å².